The van der Waals surface area contributed by atoms with Gasteiger partial charge in [0.1, 0.15) is 0 Å². The molecule has 1 heteroatoms. The van der Waals surface area contributed by atoms with Gasteiger partial charge in [0.25, 0.3) is 0 Å². The first kappa shape index (κ1) is 9.35. The van der Waals surface area contributed by atoms with Crippen LogP contribution in [-0.2, 0) is 0 Å². The zero-order valence-corrected chi connectivity index (χ0v) is 6.34. The molecule has 0 aromatic carbocycles. The predicted molar refractivity (Wildman–Crippen MR) is 47.1 cm³/mol. The van der Waals surface area contributed by atoms with Crippen LogP contribution in [0.3, 0.4) is 0 Å². The summed E-state index contributed by atoms with van der Waals surface area (Å²) in [6, 6.07) is 0. The zero-order chi connectivity index (χ0) is 5.82. The fourth-order valence-electron chi connectivity index (χ4n) is 1.06. The van der Waals surface area contributed by atoms with Crippen LogP contribution in [0.25, 0.3) is 0 Å². The second kappa shape index (κ2) is 5.16. The molecule has 9 heavy (non-hydrogen) atoms. The molecule has 1 atom stereocenters. The Bertz CT molecular complexity index is 53.6. The van der Waals surface area contributed by atoms with Crippen LogP contribution >= 0.6 is 11.8 Å². The Morgan fingerprint density at radius 3 is 2.78 bits per heavy atom. The lowest BCUT2D eigenvalue weighted by Crippen LogP contribution is -1.91. The third-order valence-corrected chi connectivity index (χ3v) is 2.84. The van der Waals surface area contributed by atoms with Crippen molar-refractivity contribution in [3.63, 3.8) is 0 Å². The van der Waals surface area contributed by atoms with Crippen molar-refractivity contribution in [2.45, 2.75) is 33.6 Å². The van der Waals surface area contributed by atoms with Gasteiger partial charge in [-0.3, -0.25) is 0 Å². The maximum atomic E-state index is 2.37. The van der Waals surface area contributed by atoms with Crippen LogP contribution in [0, 0.1) is 5.92 Å². The van der Waals surface area contributed by atoms with E-state index < -0.39 is 0 Å². The van der Waals surface area contributed by atoms with Crippen molar-refractivity contribution in [2.24, 2.45) is 5.92 Å². The summed E-state index contributed by atoms with van der Waals surface area (Å²) in [5.74, 6) is 3.82. The number of rotatable bonds is 0. The maximum Gasteiger partial charge on any atom is -0.00650 e. The maximum absolute atomic E-state index is 2.37. The SMILES string of the molecule is C.CC1CCCSCC1. The molecule has 0 spiro atoms. The van der Waals surface area contributed by atoms with E-state index >= 15 is 0 Å². The number of thioether (sulfide) groups is 1. The average molecular weight is 146 g/mol. The zero-order valence-electron chi connectivity index (χ0n) is 5.52. The molecule has 0 radical (unpaired) electrons. The smallest absolute Gasteiger partial charge is 0.00650 e. The van der Waals surface area contributed by atoms with Crippen LogP contribution in [0.1, 0.15) is 33.6 Å². The monoisotopic (exact) mass is 146 g/mol. The molecule has 1 rings (SSSR count). The quantitative estimate of drug-likeness (QED) is 0.506. The van der Waals surface area contributed by atoms with Crippen molar-refractivity contribution in [1.29, 1.82) is 0 Å². The molecule has 0 aromatic heterocycles. The molecule has 1 heterocycles. The van der Waals surface area contributed by atoms with E-state index in [0.29, 0.717) is 0 Å². The second-order valence-corrected chi connectivity index (χ2v) is 3.87. The Balaban J connectivity index is 0.000000640. The third-order valence-electron chi connectivity index (χ3n) is 1.74. The van der Waals surface area contributed by atoms with Crippen molar-refractivity contribution in [3.05, 3.63) is 0 Å². The van der Waals surface area contributed by atoms with Crippen LogP contribution in [0.15, 0.2) is 0 Å². The highest BCUT2D eigenvalue weighted by Crippen LogP contribution is 2.20. The lowest BCUT2D eigenvalue weighted by Gasteiger charge is -2.02. The van der Waals surface area contributed by atoms with Crippen LogP contribution in [0.4, 0.5) is 0 Å². The molecule has 1 unspecified atom stereocenters. The highest BCUT2D eigenvalue weighted by molar-refractivity contribution is 7.99. The molecule has 0 bridgehead atoms. The third kappa shape index (κ3) is 3.85. The van der Waals surface area contributed by atoms with Crippen molar-refractivity contribution < 1.29 is 0 Å². The molecule has 56 valence electrons. The fraction of sp³-hybridized carbons (Fsp3) is 1.00. The van der Waals surface area contributed by atoms with E-state index in [1.165, 1.54) is 30.8 Å². The van der Waals surface area contributed by atoms with E-state index in [-0.39, 0.29) is 7.43 Å². The van der Waals surface area contributed by atoms with Crippen molar-refractivity contribution in [2.75, 3.05) is 11.5 Å². The van der Waals surface area contributed by atoms with E-state index in [4.69, 9.17) is 0 Å². The van der Waals surface area contributed by atoms with Crippen LogP contribution < -0.4 is 0 Å². The Labute approximate surface area is 63.4 Å². The summed E-state index contributed by atoms with van der Waals surface area (Å²) in [5.41, 5.74) is 0. The summed E-state index contributed by atoms with van der Waals surface area (Å²) in [6.07, 6.45) is 4.36. The molecule has 1 fully saturated rings. The molecule has 0 aliphatic carbocycles. The summed E-state index contributed by atoms with van der Waals surface area (Å²) in [7, 11) is 0. The highest BCUT2D eigenvalue weighted by atomic mass is 32.2. The minimum atomic E-state index is 0. The highest BCUT2D eigenvalue weighted by Gasteiger charge is 2.05. The molecule has 1 saturated heterocycles. The predicted octanol–water partition coefficient (Wildman–Crippen LogP) is 3.18. The Morgan fingerprint density at radius 2 is 2.00 bits per heavy atom. The molecule has 1 aliphatic rings. The molecule has 0 N–H and O–H groups in total. The largest absolute Gasteiger partial charge is 0.162 e. The molecular formula is C8H18S. The molecule has 0 nitrogen and oxygen atoms in total. The molecular weight excluding hydrogens is 128 g/mol. The summed E-state index contributed by atoms with van der Waals surface area (Å²) in [6.45, 7) is 2.37. The molecule has 0 amide bonds. The van der Waals surface area contributed by atoms with E-state index in [1.54, 1.807) is 0 Å². The van der Waals surface area contributed by atoms with Gasteiger partial charge in [-0.1, -0.05) is 14.4 Å². The van der Waals surface area contributed by atoms with Gasteiger partial charge in [0.2, 0.25) is 0 Å². The normalized spacial score (nSPS) is 28.3. The Morgan fingerprint density at radius 1 is 1.22 bits per heavy atom. The average Bonchev–Trinajstić information content (AvgIpc) is 1.94. The van der Waals surface area contributed by atoms with E-state index in [2.05, 4.69) is 18.7 Å². The first-order chi connectivity index (χ1) is 3.89. The van der Waals surface area contributed by atoms with Crippen molar-refractivity contribution >= 4 is 11.8 Å². The van der Waals surface area contributed by atoms with Crippen LogP contribution in [0.5, 0.6) is 0 Å². The minimum Gasteiger partial charge on any atom is -0.162 e. The van der Waals surface area contributed by atoms with E-state index in [1.807, 2.05) is 0 Å². The molecule has 0 saturated carbocycles. The second-order valence-electron chi connectivity index (χ2n) is 2.65. The van der Waals surface area contributed by atoms with Gasteiger partial charge in [0, 0.05) is 0 Å². The summed E-state index contributed by atoms with van der Waals surface area (Å²) < 4.78 is 0. The summed E-state index contributed by atoms with van der Waals surface area (Å²) >= 11 is 2.12. The van der Waals surface area contributed by atoms with E-state index in [0.717, 1.165) is 5.92 Å². The van der Waals surface area contributed by atoms with Gasteiger partial charge in [0.05, 0.1) is 0 Å². The van der Waals surface area contributed by atoms with Gasteiger partial charge in [-0.2, -0.15) is 11.8 Å². The summed E-state index contributed by atoms with van der Waals surface area (Å²) in [5, 5.41) is 0. The minimum absolute atomic E-state index is 0. The first-order valence-electron chi connectivity index (χ1n) is 3.47. The van der Waals surface area contributed by atoms with Gasteiger partial charge in [0.15, 0.2) is 0 Å². The van der Waals surface area contributed by atoms with Crippen molar-refractivity contribution in [3.8, 4) is 0 Å². The Hall–Kier alpha value is 0.350. The topological polar surface area (TPSA) is 0 Å². The number of hydrogen-bond donors (Lipinski definition) is 0. The summed E-state index contributed by atoms with van der Waals surface area (Å²) in [4.78, 5) is 0. The standard InChI is InChI=1S/C7H14S.CH4/c1-7-3-2-5-8-6-4-7;/h7H,2-6H2,1H3;1H4. The number of hydrogen-bond acceptors (Lipinski definition) is 1. The van der Waals surface area contributed by atoms with E-state index in [9.17, 15) is 0 Å². The van der Waals surface area contributed by atoms with Crippen molar-refractivity contribution in [1.82, 2.24) is 0 Å². The lowest BCUT2D eigenvalue weighted by molar-refractivity contribution is 0.523. The van der Waals surface area contributed by atoms with Gasteiger partial charge < -0.3 is 0 Å². The first-order valence-corrected chi connectivity index (χ1v) is 4.63. The molecule has 1 aliphatic heterocycles. The van der Waals surface area contributed by atoms with Gasteiger partial charge in [-0.25, -0.2) is 0 Å². The molecule has 0 aromatic rings. The Kier molecular flexibility index (Phi) is 5.36. The van der Waals surface area contributed by atoms with Crippen LogP contribution in [0.2, 0.25) is 0 Å². The van der Waals surface area contributed by atoms with Gasteiger partial charge in [-0.15, -0.1) is 0 Å². The van der Waals surface area contributed by atoms with Gasteiger partial charge in [-0.05, 0) is 36.7 Å². The fourth-order valence-corrected chi connectivity index (χ4v) is 2.21. The van der Waals surface area contributed by atoms with Gasteiger partial charge >= 0.3 is 0 Å². The van der Waals surface area contributed by atoms with Crippen LogP contribution in [-0.4, -0.2) is 11.5 Å². The lowest BCUT2D eigenvalue weighted by atomic mass is 10.0.